The van der Waals surface area contributed by atoms with Crippen molar-refractivity contribution in [3.63, 3.8) is 0 Å². The molecule has 2 aliphatic heterocycles. The number of rotatable bonds is 2. The van der Waals surface area contributed by atoms with E-state index >= 15 is 0 Å². The van der Waals surface area contributed by atoms with Crippen LogP contribution in [0.4, 0.5) is 0 Å². The van der Waals surface area contributed by atoms with Crippen LogP contribution in [0, 0.1) is 0 Å². The molecular formula is C20H18O3. The molecule has 2 aromatic carbocycles. The highest BCUT2D eigenvalue weighted by Crippen LogP contribution is 2.65. The first-order valence-electron chi connectivity index (χ1n) is 8.27. The Morgan fingerprint density at radius 2 is 1.17 bits per heavy atom. The normalized spacial score (nSPS) is 38.0. The van der Waals surface area contributed by atoms with Gasteiger partial charge in [-0.15, -0.1) is 0 Å². The number of ether oxygens (including phenoxy) is 2. The van der Waals surface area contributed by atoms with E-state index in [1.54, 1.807) is 0 Å². The molecule has 0 aromatic heterocycles. The van der Waals surface area contributed by atoms with Gasteiger partial charge in [-0.25, -0.2) is 0 Å². The third-order valence-corrected chi connectivity index (χ3v) is 5.46. The fourth-order valence-electron chi connectivity index (χ4n) is 4.21. The molecule has 0 unspecified atom stereocenters. The lowest BCUT2D eigenvalue weighted by molar-refractivity contribution is -0.132. The Labute approximate surface area is 135 Å². The fourth-order valence-corrected chi connectivity index (χ4v) is 4.21. The summed E-state index contributed by atoms with van der Waals surface area (Å²) in [4.78, 5) is 13.2. The van der Waals surface area contributed by atoms with Crippen molar-refractivity contribution in [2.75, 3.05) is 0 Å². The van der Waals surface area contributed by atoms with Crippen molar-refractivity contribution < 1.29 is 14.3 Å². The highest BCUT2D eigenvalue weighted by Gasteiger charge is 2.76. The van der Waals surface area contributed by atoms with Crippen molar-refractivity contribution in [1.82, 2.24) is 0 Å². The number of carbonyl (C=O) groups is 1. The zero-order valence-corrected chi connectivity index (χ0v) is 12.8. The largest absolute Gasteiger partial charge is 0.353 e. The molecule has 2 spiro atoms. The van der Waals surface area contributed by atoms with Gasteiger partial charge >= 0.3 is 0 Å². The van der Waals surface area contributed by atoms with Gasteiger partial charge in [0.05, 0.1) is 0 Å². The van der Waals surface area contributed by atoms with E-state index in [0.717, 1.165) is 30.4 Å². The highest BCUT2D eigenvalue weighted by molar-refractivity contribution is 6.01. The lowest BCUT2D eigenvalue weighted by atomic mass is 9.74. The Balaban J connectivity index is 1.44. The Morgan fingerprint density at radius 1 is 0.739 bits per heavy atom. The van der Waals surface area contributed by atoms with Crippen molar-refractivity contribution in [3.8, 4) is 0 Å². The number of hydrogen-bond donors (Lipinski definition) is 0. The first kappa shape index (κ1) is 13.5. The van der Waals surface area contributed by atoms with Crippen molar-refractivity contribution in [2.24, 2.45) is 0 Å². The summed E-state index contributed by atoms with van der Waals surface area (Å²) in [5.74, 6) is 0.152. The summed E-state index contributed by atoms with van der Waals surface area (Å²) in [7, 11) is 0. The second-order valence-corrected chi connectivity index (χ2v) is 6.78. The Morgan fingerprint density at radius 3 is 1.61 bits per heavy atom. The van der Waals surface area contributed by atoms with Crippen LogP contribution in [0.25, 0.3) is 0 Å². The van der Waals surface area contributed by atoms with Gasteiger partial charge in [-0.3, -0.25) is 4.79 Å². The van der Waals surface area contributed by atoms with Gasteiger partial charge in [0, 0.05) is 0 Å². The number of carbonyl (C=O) groups excluding carboxylic acids is 1. The van der Waals surface area contributed by atoms with Crippen molar-refractivity contribution in [1.29, 1.82) is 0 Å². The molecule has 5 rings (SSSR count). The van der Waals surface area contributed by atoms with E-state index in [0.29, 0.717) is 0 Å². The van der Waals surface area contributed by atoms with E-state index in [4.69, 9.17) is 9.47 Å². The topological polar surface area (TPSA) is 42.1 Å². The molecule has 23 heavy (non-hydrogen) atoms. The van der Waals surface area contributed by atoms with Gasteiger partial charge in [0.25, 0.3) is 0 Å². The minimum Gasteiger partial charge on any atom is -0.353 e. The molecule has 116 valence electrons. The summed E-state index contributed by atoms with van der Waals surface area (Å²) in [6.07, 6.45) is 2.37. The van der Waals surface area contributed by atoms with E-state index in [-0.39, 0.29) is 18.0 Å². The van der Waals surface area contributed by atoms with Crippen LogP contribution >= 0.6 is 0 Å². The smallest absolute Gasteiger partial charge is 0.202 e. The summed E-state index contributed by atoms with van der Waals surface area (Å²) < 4.78 is 11.9. The Bertz CT molecular complexity index is 693. The zero-order chi connectivity index (χ0) is 15.5. The van der Waals surface area contributed by atoms with E-state index in [1.807, 2.05) is 60.7 Å². The molecule has 0 radical (unpaired) electrons. The molecule has 3 fully saturated rings. The quantitative estimate of drug-likeness (QED) is 0.793. The number of ketones is 1. The van der Waals surface area contributed by atoms with Crippen LogP contribution in [0.1, 0.15) is 42.6 Å². The number of Topliss-reactive ketones (excluding diaryl/α,β-unsaturated/α-hetero) is 1. The van der Waals surface area contributed by atoms with Crippen LogP contribution in [0.5, 0.6) is 0 Å². The third kappa shape index (κ3) is 1.81. The molecule has 3 heteroatoms. The monoisotopic (exact) mass is 306 g/mol. The van der Waals surface area contributed by atoms with Gasteiger partial charge in [-0.1, -0.05) is 60.7 Å². The maximum absolute atomic E-state index is 13.2. The summed E-state index contributed by atoms with van der Waals surface area (Å²) in [6.45, 7) is 0. The van der Waals surface area contributed by atoms with E-state index in [1.165, 1.54) is 0 Å². The molecule has 0 N–H and O–H groups in total. The molecule has 1 aliphatic carbocycles. The molecule has 3 aliphatic rings. The molecule has 2 heterocycles. The summed E-state index contributed by atoms with van der Waals surface area (Å²) in [5, 5.41) is 0. The van der Waals surface area contributed by atoms with Crippen LogP contribution in [-0.4, -0.2) is 17.0 Å². The fraction of sp³-hybridized carbons (Fsp3) is 0.350. The molecule has 1 saturated carbocycles. The van der Waals surface area contributed by atoms with Crippen LogP contribution in [0.2, 0.25) is 0 Å². The van der Waals surface area contributed by atoms with Crippen molar-refractivity contribution in [3.05, 3.63) is 71.8 Å². The predicted molar refractivity (Wildman–Crippen MR) is 84.9 cm³/mol. The SMILES string of the molecule is O=C1[C@]2(CCC[C@@]13O[C@H]3c1ccccc1)O[C@H]2c1ccccc1. The lowest BCUT2D eigenvalue weighted by Crippen LogP contribution is -2.43. The Hall–Kier alpha value is -1.97. The molecular weight excluding hydrogens is 288 g/mol. The predicted octanol–water partition coefficient (Wildman–Crippen LogP) is 3.76. The molecule has 2 saturated heterocycles. The average Bonchev–Trinajstić information content (AvgIpc) is 3.50. The van der Waals surface area contributed by atoms with E-state index in [9.17, 15) is 4.79 Å². The second kappa shape index (κ2) is 4.53. The van der Waals surface area contributed by atoms with Gasteiger partial charge in [-0.05, 0) is 30.4 Å². The third-order valence-electron chi connectivity index (χ3n) is 5.46. The molecule has 0 amide bonds. The minimum absolute atomic E-state index is 0.103. The second-order valence-electron chi connectivity index (χ2n) is 6.78. The van der Waals surface area contributed by atoms with E-state index < -0.39 is 11.2 Å². The summed E-state index contributed by atoms with van der Waals surface area (Å²) in [6, 6.07) is 20.1. The van der Waals surface area contributed by atoms with E-state index in [2.05, 4.69) is 0 Å². The van der Waals surface area contributed by atoms with Gasteiger partial charge in [0.15, 0.2) is 11.2 Å². The number of epoxide rings is 2. The van der Waals surface area contributed by atoms with Crippen molar-refractivity contribution >= 4 is 5.78 Å². The lowest BCUT2D eigenvalue weighted by Gasteiger charge is -2.24. The number of benzene rings is 2. The molecule has 0 bridgehead atoms. The molecule has 4 atom stereocenters. The first-order chi connectivity index (χ1) is 11.3. The maximum atomic E-state index is 13.2. The van der Waals surface area contributed by atoms with Gasteiger partial charge in [0.1, 0.15) is 12.2 Å². The minimum atomic E-state index is -0.650. The van der Waals surface area contributed by atoms with Gasteiger partial charge in [0.2, 0.25) is 5.78 Å². The van der Waals surface area contributed by atoms with Gasteiger partial charge in [-0.2, -0.15) is 0 Å². The van der Waals surface area contributed by atoms with Crippen LogP contribution in [0.3, 0.4) is 0 Å². The zero-order valence-electron chi connectivity index (χ0n) is 12.8. The van der Waals surface area contributed by atoms with Crippen molar-refractivity contribution in [2.45, 2.75) is 42.7 Å². The highest BCUT2D eigenvalue weighted by atomic mass is 16.6. The standard InChI is InChI=1S/C20H18O3/c21-18-19(16(22-19)14-8-3-1-4-9-14)12-7-13-20(18)17(23-20)15-10-5-2-6-11-15/h1-6,8-11,16-17H,7,12-13H2/t16-,17-,19-,20+/m0/s1. The van der Waals surface area contributed by atoms with Gasteiger partial charge < -0.3 is 9.47 Å². The van der Waals surface area contributed by atoms with Crippen LogP contribution < -0.4 is 0 Å². The summed E-state index contributed by atoms with van der Waals surface area (Å²) in [5.41, 5.74) is 0.885. The Kier molecular flexibility index (Phi) is 2.65. The molecule has 2 aromatic rings. The number of hydrogen-bond acceptors (Lipinski definition) is 3. The summed E-state index contributed by atoms with van der Waals surface area (Å²) >= 11 is 0. The van der Waals surface area contributed by atoms with Crippen LogP contribution in [-0.2, 0) is 14.3 Å². The maximum Gasteiger partial charge on any atom is 0.202 e. The average molecular weight is 306 g/mol. The van der Waals surface area contributed by atoms with Crippen LogP contribution in [0.15, 0.2) is 60.7 Å². The first-order valence-corrected chi connectivity index (χ1v) is 8.27. The molecule has 3 nitrogen and oxygen atoms in total.